The fraction of sp³-hybridized carbons (Fsp3) is 0.381. The fourth-order valence-electron chi connectivity index (χ4n) is 3.18. The zero-order chi connectivity index (χ0) is 20.2. The predicted molar refractivity (Wildman–Crippen MR) is 109 cm³/mol. The summed E-state index contributed by atoms with van der Waals surface area (Å²) in [6, 6.07) is 11.3. The average molecular weight is 413 g/mol. The van der Waals surface area contributed by atoms with Gasteiger partial charge in [-0.3, -0.25) is 14.4 Å². The molecule has 0 spiro atoms. The number of piperazine rings is 1. The Morgan fingerprint density at radius 1 is 1.03 bits per heavy atom. The first-order valence-electron chi connectivity index (χ1n) is 9.74. The van der Waals surface area contributed by atoms with Crippen molar-refractivity contribution in [3.63, 3.8) is 0 Å². The van der Waals surface area contributed by atoms with Gasteiger partial charge in [-0.1, -0.05) is 12.1 Å². The van der Waals surface area contributed by atoms with E-state index in [-0.39, 0.29) is 11.9 Å². The summed E-state index contributed by atoms with van der Waals surface area (Å²) in [5.41, 5.74) is 0.555. The van der Waals surface area contributed by atoms with Gasteiger partial charge in [-0.15, -0.1) is 11.3 Å². The maximum Gasteiger partial charge on any atom is 0.312 e. The molecule has 0 radical (unpaired) electrons. The molecule has 2 fully saturated rings. The van der Waals surface area contributed by atoms with Crippen LogP contribution in [0.3, 0.4) is 0 Å². The molecule has 0 bridgehead atoms. The van der Waals surface area contributed by atoms with Crippen LogP contribution in [0.1, 0.15) is 28.1 Å². The van der Waals surface area contributed by atoms with E-state index < -0.39 is 11.8 Å². The highest BCUT2D eigenvalue weighted by atomic mass is 32.1. The molecule has 2 aliphatic rings. The van der Waals surface area contributed by atoms with Crippen molar-refractivity contribution in [2.24, 2.45) is 0 Å². The van der Waals surface area contributed by atoms with Gasteiger partial charge in [0.25, 0.3) is 5.91 Å². The van der Waals surface area contributed by atoms with E-state index in [2.05, 4.69) is 5.32 Å². The largest absolute Gasteiger partial charge is 0.488 e. The molecule has 7 nitrogen and oxygen atoms in total. The number of carbonyl (C=O) groups excluding carboxylic acids is 3. The van der Waals surface area contributed by atoms with Crippen molar-refractivity contribution >= 4 is 29.1 Å². The Kier molecular flexibility index (Phi) is 5.80. The van der Waals surface area contributed by atoms with Crippen LogP contribution in [0.2, 0.25) is 0 Å². The molecule has 1 saturated heterocycles. The van der Waals surface area contributed by atoms with Gasteiger partial charge in [0, 0.05) is 42.7 Å². The van der Waals surface area contributed by atoms with E-state index in [0.717, 1.165) is 17.7 Å². The van der Waals surface area contributed by atoms with Crippen LogP contribution in [0.5, 0.6) is 5.75 Å². The van der Waals surface area contributed by atoms with Crippen LogP contribution in [0.4, 0.5) is 0 Å². The van der Waals surface area contributed by atoms with Crippen molar-refractivity contribution in [1.29, 1.82) is 0 Å². The van der Waals surface area contributed by atoms with E-state index in [4.69, 9.17) is 4.74 Å². The van der Waals surface area contributed by atoms with E-state index in [0.29, 0.717) is 44.1 Å². The zero-order valence-electron chi connectivity index (χ0n) is 16.0. The number of nitrogens with one attached hydrogen (secondary N) is 1. The standard InChI is InChI=1S/C21H23N3O4S/c25-19(22-16-6-7-16)21(27)24-10-8-23(9-11-24)20(26)15-3-1-4-17(13-15)28-14-18-5-2-12-29-18/h1-5,12-13,16H,6-11,14H2,(H,22,25). The summed E-state index contributed by atoms with van der Waals surface area (Å²) in [7, 11) is 0. The lowest BCUT2D eigenvalue weighted by atomic mass is 10.1. The van der Waals surface area contributed by atoms with Gasteiger partial charge in [0.1, 0.15) is 12.4 Å². The molecule has 1 aromatic heterocycles. The minimum absolute atomic E-state index is 0.0962. The molecule has 0 unspecified atom stereocenters. The minimum Gasteiger partial charge on any atom is -0.488 e. The number of hydrogen-bond donors (Lipinski definition) is 1. The van der Waals surface area contributed by atoms with Crippen molar-refractivity contribution in [3.05, 3.63) is 52.2 Å². The molecule has 1 N–H and O–H groups in total. The van der Waals surface area contributed by atoms with Crippen molar-refractivity contribution in [2.75, 3.05) is 26.2 Å². The summed E-state index contributed by atoms with van der Waals surface area (Å²) in [5, 5.41) is 4.71. The molecule has 3 amide bonds. The van der Waals surface area contributed by atoms with Gasteiger partial charge in [-0.25, -0.2) is 0 Å². The second kappa shape index (κ2) is 8.65. The first-order valence-corrected chi connectivity index (χ1v) is 10.6. The summed E-state index contributed by atoms with van der Waals surface area (Å²) < 4.78 is 5.78. The Hall–Kier alpha value is -2.87. The lowest BCUT2D eigenvalue weighted by molar-refractivity contribution is -0.146. The minimum atomic E-state index is -0.539. The second-order valence-electron chi connectivity index (χ2n) is 7.23. The van der Waals surface area contributed by atoms with Crippen LogP contribution in [0.15, 0.2) is 41.8 Å². The number of thiophene rings is 1. The molecule has 1 aliphatic heterocycles. The molecule has 1 saturated carbocycles. The monoisotopic (exact) mass is 413 g/mol. The zero-order valence-corrected chi connectivity index (χ0v) is 16.8. The molecule has 2 heterocycles. The van der Waals surface area contributed by atoms with Gasteiger partial charge >= 0.3 is 11.8 Å². The molecule has 8 heteroatoms. The van der Waals surface area contributed by atoms with Crippen LogP contribution in [-0.4, -0.2) is 59.7 Å². The number of rotatable bonds is 5. The Bertz CT molecular complexity index is 887. The second-order valence-corrected chi connectivity index (χ2v) is 8.26. The Labute approximate surface area is 173 Å². The third-order valence-electron chi connectivity index (χ3n) is 5.00. The van der Waals surface area contributed by atoms with Gasteiger partial charge < -0.3 is 19.9 Å². The highest BCUT2D eigenvalue weighted by Crippen LogP contribution is 2.20. The molecule has 4 rings (SSSR count). The highest BCUT2D eigenvalue weighted by Gasteiger charge is 2.31. The van der Waals surface area contributed by atoms with Crippen LogP contribution in [0.25, 0.3) is 0 Å². The van der Waals surface area contributed by atoms with Gasteiger partial charge in [0.15, 0.2) is 0 Å². The smallest absolute Gasteiger partial charge is 0.312 e. The van der Waals surface area contributed by atoms with E-state index in [1.807, 2.05) is 23.6 Å². The summed E-state index contributed by atoms with van der Waals surface area (Å²) >= 11 is 1.63. The van der Waals surface area contributed by atoms with Gasteiger partial charge in [0.2, 0.25) is 0 Å². The molecule has 2 aromatic rings. The SMILES string of the molecule is O=C(NC1CC1)C(=O)N1CCN(C(=O)c2cccc(OCc3cccs3)c2)CC1. The molecule has 1 aromatic carbocycles. The van der Waals surface area contributed by atoms with Crippen LogP contribution in [0, 0.1) is 0 Å². The number of ether oxygens (including phenoxy) is 1. The third-order valence-corrected chi connectivity index (χ3v) is 5.85. The summed E-state index contributed by atoms with van der Waals surface area (Å²) in [4.78, 5) is 41.3. The number of carbonyl (C=O) groups is 3. The van der Waals surface area contributed by atoms with Gasteiger partial charge in [0.05, 0.1) is 0 Å². The Morgan fingerprint density at radius 3 is 2.48 bits per heavy atom. The van der Waals surface area contributed by atoms with Gasteiger partial charge in [-0.05, 0) is 42.5 Å². The third kappa shape index (κ3) is 4.95. The maximum atomic E-state index is 12.8. The predicted octanol–water partition coefficient (Wildman–Crippen LogP) is 1.89. The topological polar surface area (TPSA) is 79.0 Å². The fourth-order valence-corrected chi connectivity index (χ4v) is 3.80. The van der Waals surface area contributed by atoms with E-state index >= 15 is 0 Å². The molecule has 29 heavy (non-hydrogen) atoms. The Balaban J connectivity index is 1.30. The number of hydrogen-bond acceptors (Lipinski definition) is 5. The van der Waals surface area contributed by atoms with E-state index in [9.17, 15) is 14.4 Å². The van der Waals surface area contributed by atoms with E-state index in [1.54, 1.807) is 34.4 Å². The summed E-state index contributed by atoms with van der Waals surface area (Å²) in [6.45, 7) is 2.00. The number of nitrogens with zero attached hydrogens (tertiary/aromatic N) is 2. The number of amides is 3. The first-order chi connectivity index (χ1) is 14.1. The van der Waals surface area contributed by atoms with Crippen LogP contribution < -0.4 is 10.1 Å². The van der Waals surface area contributed by atoms with E-state index in [1.165, 1.54) is 4.90 Å². The van der Waals surface area contributed by atoms with Crippen molar-refractivity contribution in [2.45, 2.75) is 25.5 Å². The van der Waals surface area contributed by atoms with Crippen LogP contribution in [-0.2, 0) is 16.2 Å². The van der Waals surface area contributed by atoms with Gasteiger partial charge in [-0.2, -0.15) is 0 Å². The molecule has 152 valence electrons. The summed E-state index contributed by atoms with van der Waals surface area (Å²) in [5.74, 6) is -0.494. The van der Waals surface area contributed by atoms with Crippen molar-refractivity contribution in [1.82, 2.24) is 15.1 Å². The lowest BCUT2D eigenvalue weighted by Crippen LogP contribution is -2.54. The molecule has 0 atom stereocenters. The maximum absolute atomic E-state index is 12.8. The molecular weight excluding hydrogens is 390 g/mol. The Morgan fingerprint density at radius 2 is 1.79 bits per heavy atom. The quantitative estimate of drug-likeness (QED) is 0.760. The van der Waals surface area contributed by atoms with Crippen LogP contribution >= 0.6 is 11.3 Å². The normalized spacial score (nSPS) is 16.4. The first kappa shape index (κ1) is 19.4. The summed E-state index contributed by atoms with van der Waals surface area (Å²) in [6.07, 6.45) is 1.88. The number of benzene rings is 1. The average Bonchev–Trinajstić information content (AvgIpc) is 3.41. The molecular formula is C21H23N3O4S. The molecule has 1 aliphatic carbocycles. The highest BCUT2D eigenvalue weighted by molar-refractivity contribution is 7.09. The van der Waals surface area contributed by atoms with Crippen molar-refractivity contribution in [3.8, 4) is 5.75 Å². The lowest BCUT2D eigenvalue weighted by Gasteiger charge is -2.34. The van der Waals surface area contributed by atoms with Crippen molar-refractivity contribution < 1.29 is 19.1 Å².